The van der Waals surface area contributed by atoms with E-state index < -0.39 is 17.7 Å². The largest absolute Gasteiger partial charge is 0.465 e. The normalized spacial score (nSPS) is 12.6. The van der Waals surface area contributed by atoms with E-state index in [0.29, 0.717) is 46.7 Å². The molecule has 0 saturated carbocycles. The first kappa shape index (κ1) is 26.2. The molecule has 39 heavy (non-hydrogen) atoms. The van der Waals surface area contributed by atoms with Crippen molar-refractivity contribution in [3.8, 4) is 0 Å². The molecule has 1 aromatic heterocycles. The van der Waals surface area contributed by atoms with Crippen LogP contribution < -0.4 is 5.32 Å². The highest BCUT2D eigenvalue weighted by atomic mass is 35.5. The number of carbonyl (C=O) groups is 4. The highest BCUT2D eigenvalue weighted by molar-refractivity contribution is 6.45. The summed E-state index contributed by atoms with van der Waals surface area (Å²) >= 11 is 5.92. The van der Waals surface area contributed by atoms with Crippen LogP contribution in [0.5, 0.6) is 0 Å². The van der Waals surface area contributed by atoms with Gasteiger partial charge in [-0.05, 0) is 66.9 Å². The lowest BCUT2D eigenvalue weighted by molar-refractivity contribution is -0.143. The van der Waals surface area contributed by atoms with E-state index in [-0.39, 0.29) is 24.6 Å². The number of Topliss-reactive ketones (excluding diaryl/α,β-unsaturated/α-hetero) is 1. The molecule has 0 unspecified atom stereocenters. The number of ether oxygens (including phenoxy) is 1. The van der Waals surface area contributed by atoms with Crippen LogP contribution in [0.3, 0.4) is 0 Å². The minimum absolute atomic E-state index is 0.126. The third-order valence-electron chi connectivity index (χ3n) is 6.71. The summed E-state index contributed by atoms with van der Waals surface area (Å²) in [6, 6.07) is 19.3. The van der Waals surface area contributed by atoms with Crippen molar-refractivity contribution < 1.29 is 23.9 Å². The fourth-order valence-electron chi connectivity index (χ4n) is 4.76. The van der Waals surface area contributed by atoms with Crippen molar-refractivity contribution >= 4 is 51.8 Å². The standard InChI is InChI=1S/C30H26ClN3O5/c1-2-39-27(35)18-34-17-25(28(36)30(38)33-14-13-19-5-3-4-6-21(19)16-33)24-15-23(11-12-26(24)34)32-29(37)20-7-9-22(31)10-8-20/h3-12,15,17H,2,13-14,16,18H2,1H3,(H,32,37). The molecule has 3 aromatic carbocycles. The summed E-state index contributed by atoms with van der Waals surface area (Å²) in [4.78, 5) is 53.5. The van der Waals surface area contributed by atoms with Gasteiger partial charge >= 0.3 is 5.97 Å². The van der Waals surface area contributed by atoms with Gasteiger partial charge in [0.1, 0.15) is 6.54 Å². The summed E-state index contributed by atoms with van der Waals surface area (Å²) < 4.78 is 6.68. The van der Waals surface area contributed by atoms with Crippen LogP contribution in [-0.4, -0.2) is 46.2 Å². The molecule has 1 aliphatic heterocycles. The number of anilines is 1. The monoisotopic (exact) mass is 543 g/mol. The third kappa shape index (κ3) is 5.56. The molecule has 0 spiro atoms. The molecular weight excluding hydrogens is 518 g/mol. The summed E-state index contributed by atoms with van der Waals surface area (Å²) in [5.41, 5.74) is 3.75. The van der Waals surface area contributed by atoms with Crippen molar-refractivity contribution in [3.05, 3.63) is 100 Å². The number of nitrogens with zero attached hydrogens (tertiary/aromatic N) is 2. The third-order valence-corrected chi connectivity index (χ3v) is 6.96. The summed E-state index contributed by atoms with van der Waals surface area (Å²) in [5, 5.41) is 3.78. The number of hydrogen-bond donors (Lipinski definition) is 1. The predicted molar refractivity (Wildman–Crippen MR) is 148 cm³/mol. The average molecular weight is 544 g/mol. The van der Waals surface area contributed by atoms with Gasteiger partial charge in [-0.15, -0.1) is 0 Å². The Bertz CT molecular complexity index is 1590. The highest BCUT2D eigenvalue weighted by Crippen LogP contribution is 2.28. The lowest BCUT2D eigenvalue weighted by Crippen LogP contribution is -2.40. The lowest BCUT2D eigenvalue weighted by atomic mass is 9.99. The molecule has 1 aliphatic rings. The van der Waals surface area contributed by atoms with Gasteiger partial charge in [0, 0.05) is 46.5 Å². The second kappa shape index (κ2) is 11.1. The van der Waals surface area contributed by atoms with Crippen molar-refractivity contribution in [2.45, 2.75) is 26.4 Å². The molecule has 0 saturated heterocycles. The number of halogens is 1. The van der Waals surface area contributed by atoms with Gasteiger partial charge in [-0.3, -0.25) is 19.2 Å². The zero-order chi connectivity index (χ0) is 27.5. The quantitative estimate of drug-likeness (QED) is 0.204. The summed E-state index contributed by atoms with van der Waals surface area (Å²) in [5.74, 6) is -2.11. The number of benzene rings is 3. The van der Waals surface area contributed by atoms with Gasteiger partial charge in [0.15, 0.2) is 0 Å². The number of amides is 2. The lowest BCUT2D eigenvalue weighted by Gasteiger charge is -2.28. The van der Waals surface area contributed by atoms with Crippen LogP contribution in [0.25, 0.3) is 10.9 Å². The molecule has 0 radical (unpaired) electrons. The number of nitrogens with one attached hydrogen (secondary N) is 1. The first-order valence-corrected chi connectivity index (χ1v) is 13.0. The molecule has 4 aromatic rings. The Hall–Kier alpha value is -4.43. The molecule has 0 fully saturated rings. The van der Waals surface area contributed by atoms with E-state index in [2.05, 4.69) is 5.32 Å². The average Bonchev–Trinajstić information content (AvgIpc) is 3.29. The zero-order valence-corrected chi connectivity index (χ0v) is 22.0. The minimum atomic E-state index is -0.678. The molecule has 8 nitrogen and oxygen atoms in total. The minimum Gasteiger partial charge on any atom is -0.465 e. The fourth-order valence-corrected chi connectivity index (χ4v) is 4.89. The Morgan fingerprint density at radius 3 is 2.46 bits per heavy atom. The maximum absolute atomic E-state index is 13.6. The maximum Gasteiger partial charge on any atom is 0.325 e. The molecule has 0 bridgehead atoms. The number of aromatic nitrogens is 1. The molecule has 2 amide bonds. The molecule has 0 aliphatic carbocycles. The fraction of sp³-hybridized carbons (Fsp3) is 0.200. The van der Waals surface area contributed by atoms with E-state index in [1.165, 1.54) is 11.8 Å². The van der Waals surface area contributed by atoms with Crippen LogP contribution in [0.4, 0.5) is 5.69 Å². The maximum atomic E-state index is 13.6. The Kier molecular flexibility index (Phi) is 7.47. The van der Waals surface area contributed by atoms with Crippen LogP contribution in [0, 0.1) is 0 Å². The number of fused-ring (bicyclic) bond motifs is 2. The first-order valence-electron chi connectivity index (χ1n) is 12.6. The SMILES string of the molecule is CCOC(=O)Cn1cc(C(=O)C(=O)N2CCc3ccccc3C2)c2cc(NC(=O)c3ccc(Cl)cc3)ccc21. The molecule has 9 heteroatoms. The Labute approximate surface area is 230 Å². The van der Waals surface area contributed by atoms with Gasteiger partial charge in [-0.25, -0.2) is 0 Å². The van der Waals surface area contributed by atoms with Gasteiger partial charge in [-0.2, -0.15) is 0 Å². The van der Waals surface area contributed by atoms with Gasteiger partial charge < -0.3 is 19.5 Å². The van der Waals surface area contributed by atoms with Gasteiger partial charge in [0.2, 0.25) is 0 Å². The molecule has 0 atom stereocenters. The highest BCUT2D eigenvalue weighted by Gasteiger charge is 2.29. The van der Waals surface area contributed by atoms with Gasteiger partial charge in [0.05, 0.1) is 12.2 Å². The topological polar surface area (TPSA) is 97.7 Å². The predicted octanol–water partition coefficient (Wildman–Crippen LogP) is 4.88. The second-order valence-corrected chi connectivity index (χ2v) is 9.68. The Morgan fingerprint density at radius 2 is 1.72 bits per heavy atom. The Morgan fingerprint density at radius 1 is 0.974 bits per heavy atom. The van der Waals surface area contributed by atoms with E-state index in [1.54, 1.807) is 58.9 Å². The smallest absolute Gasteiger partial charge is 0.325 e. The van der Waals surface area contributed by atoms with Crippen LogP contribution in [0.15, 0.2) is 72.9 Å². The molecular formula is C30H26ClN3O5. The van der Waals surface area contributed by atoms with Crippen molar-refractivity contribution in [2.24, 2.45) is 0 Å². The van der Waals surface area contributed by atoms with E-state index in [4.69, 9.17) is 16.3 Å². The van der Waals surface area contributed by atoms with Gasteiger partial charge in [-0.1, -0.05) is 35.9 Å². The number of rotatable bonds is 7. The van der Waals surface area contributed by atoms with Crippen molar-refractivity contribution in [2.75, 3.05) is 18.5 Å². The van der Waals surface area contributed by atoms with E-state index >= 15 is 0 Å². The second-order valence-electron chi connectivity index (χ2n) is 9.24. The van der Waals surface area contributed by atoms with Crippen molar-refractivity contribution in [3.63, 3.8) is 0 Å². The summed E-state index contributed by atoms with van der Waals surface area (Å²) in [7, 11) is 0. The number of ketones is 1. The number of esters is 1. The van der Waals surface area contributed by atoms with E-state index in [0.717, 1.165) is 5.56 Å². The number of hydrogen-bond acceptors (Lipinski definition) is 5. The van der Waals surface area contributed by atoms with E-state index in [9.17, 15) is 19.2 Å². The van der Waals surface area contributed by atoms with Crippen LogP contribution >= 0.6 is 11.6 Å². The summed E-state index contributed by atoms with van der Waals surface area (Å²) in [6.45, 7) is 2.60. The molecule has 2 heterocycles. The molecule has 198 valence electrons. The van der Waals surface area contributed by atoms with Crippen molar-refractivity contribution in [1.82, 2.24) is 9.47 Å². The molecule has 1 N–H and O–H groups in total. The number of carbonyl (C=O) groups excluding carboxylic acids is 4. The summed E-state index contributed by atoms with van der Waals surface area (Å²) in [6.07, 6.45) is 2.17. The van der Waals surface area contributed by atoms with Crippen LogP contribution in [0.1, 0.15) is 38.8 Å². The Balaban J connectivity index is 1.46. The van der Waals surface area contributed by atoms with Crippen LogP contribution in [0.2, 0.25) is 5.02 Å². The van der Waals surface area contributed by atoms with Crippen molar-refractivity contribution in [1.29, 1.82) is 0 Å². The van der Waals surface area contributed by atoms with E-state index in [1.807, 2.05) is 24.3 Å². The van der Waals surface area contributed by atoms with Gasteiger partial charge in [0.25, 0.3) is 17.6 Å². The first-order chi connectivity index (χ1) is 18.8. The molecule has 5 rings (SSSR count). The zero-order valence-electron chi connectivity index (χ0n) is 21.3. The van der Waals surface area contributed by atoms with Crippen LogP contribution in [-0.2, 0) is 33.8 Å².